The molecule has 0 aliphatic carbocycles. The summed E-state index contributed by atoms with van der Waals surface area (Å²) in [6.45, 7) is 2.10. The number of alkyl halides is 2. The number of rotatable bonds is 8. The summed E-state index contributed by atoms with van der Waals surface area (Å²) in [6, 6.07) is 7.22. The lowest BCUT2D eigenvalue weighted by Crippen LogP contribution is -2.27. The Bertz CT molecular complexity index is 434. The molecule has 0 fully saturated rings. The molecule has 1 aromatic carbocycles. The van der Waals surface area contributed by atoms with Gasteiger partial charge in [0.2, 0.25) is 0 Å². The van der Waals surface area contributed by atoms with Crippen LogP contribution in [0.15, 0.2) is 24.3 Å². The maximum Gasteiger partial charge on any atom is 0.387 e. The summed E-state index contributed by atoms with van der Waals surface area (Å²) < 4.78 is 28.3. The van der Waals surface area contributed by atoms with Crippen molar-refractivity contribution in [3.05, 3.63) is 29.8 Å². The number of benzene rings is 1. The Hall–Kier alpha value is -1.60. The minimum Gasteiger partial charge on any atom is -0.435 e. The predicted molar refractivity (Wildman–Crippen MR) is 76.9 cm³/mol. The average molecular weight is 281 g/mol. The first kappa shape index (κ1) is 16.5. The van der Waals surface area contributed by atoms with E-state index in [1.165, 1.54) is 0 Å². The van der Waals surface area contributed by atoms with Crippen LogP contribution in [0.4, 0.5) is 8.78 Å². The molecule has 110 valence electrons. The Labute approximate surface area is 119 Å². The highest BCUT2D eigenvalue weighted by atomic mass is 19.3. The normalized spacial score (nSPS) is 11.8. The van der Waals surface area contributed by atoms with E-state index in [4.69, 9.17) is 0 Å². The molecule has 0 heterocycles. The van der Waals surface area contributed by atoms with Crippen LogP contribution < -0.4 is 10.1 Å². The summed E-state index contributed by atoms with van der Waals surface area (Å²) in [5.74, 6) is 6.08. The fraction of sp³-hybridized carbons (Fsp3) is 0.500. The molecule has 0 bridgehead atoms. The highest BCUT2D eigenvalue weighted by Gasteiger charge is 2.05. The van der Waals surface area contributed by atoms with Gasteiger partial charge in [-0.15, -0.1) is 11.8 Å². The quantitative estimate of drug-likeness (QED) is 0.580. The van der Waals surface area contributed by atoms with E-state index in [9.17, 15) is 8.78 Å². The van der Waals surface area contributed by atoms with Gasteiger partial charge in [0.05, 0.1) is 0 Å². The molecule has 0 aliphatic heterocycles. The molecule has 1 N–H and O–H groups in total. The van der Waals surface area contributed by atoms with Crippen molar-refractivity contribution in [3.63, 3.8) is 0 Å². The van der Waals surface area contributed by atoms with Crippen LogP contribution >= 0.6 is 0 Å². The van der Waals surface area contributed by atoms with Crippen molar-refractivity contribution in [3.8, 4) is 17.6 Å². The molecular formula is C16H21F2NO. The van der Waals surface area contributed by atoms with Gasteiger partial charge in [-0.1, -0.05) is 12.1 Å². The Morgan fingerprint density at radius 3 is 2.55 bits per heavy atom. The molecule has 0 radical (unpaired) electrons. The van der Waals surface area contributed by atoms with E-state index in [0.29, 0.717) is 6.04 Å². The zero-order valence-electron chi connectivity index (χ0n) is 12.0. The van der Waals surface area contributed by atoms with Crippen molar-refractivity contribution >= 4 is 0 Å². The average Bonchev–Trinajstić information content (AvgIpc) is 2.42. The molecule has 20 heavy (non-hydrogen) atoms. The first-order chi connectivity index (χ1) is 9.61. The van der Waals surface area contributed by atoms with Crippen molar-refractivity contribution in [2.45, 2.75) is 45.8 Å². The molecule has 1 aromatic rings. The second kappa shape index (κ2) is 9.33. The minimum atomic E-state index is -2.77. The Kier molecular flexibility index (Phi) is 7.67. The van der Waals surface area contributed by atoms with Gasteiger partial charge >= 0.3 is 6.61 Å². The van der Waals surface area contributed by atoms with Crippen LogP contribution in [0.1, 0.15) is 32.3 Å². The summed E-state index contributed by atoms with van der Waals surface area (Å²) in [5.41, 5.74) is 1.12. The minimum absolute atomic E-state index is 0.202. The van der Waals surface area contributed by atoms with Crippen LogP contribution in [-0.4, -0.2) is 19.2 Å². The fourth-order valence-electron chi connectivity index (χ4n) is 1.83. The van der Waals surface area contributed by atoms with E-state index < -0.39 is 6.61 Å². The van der Waals surface area contributed by atoms with Crippen molar-refractivity contribution in [2.24, 2.45) is 0 Å². The number of aryl methyl sites for hydroxylation is 1. The zero-order valence-corrected chi connectivity index (χ0v) is 12.0. The van der Waals surface area contributed by atoms with E-state index in [1.807, 2.05) is 19.1 Å². The van der Waals surface area contributed by atoms with Crippen LogP contribution in [0.5, 0.6) is 5.75 Å². The third kappa shape index (κ3) is 7.10. The van der Waals surface area contributed by atoms with Gasteiger partial charge in [0.1, 0.15) is 5.75 Å². The lowest BCUT2D eigenvalue weighted by atomic mass is 10.1. The van der Waals surface area contributed by atoms with Gasteiger partial charge in [0.25, 0.3) is 0 Å². The van der Waals surface area contributed by atoms with E-state index >= 15 is 0 Å². The van der Waals surface area contributed by atoms with Crippen molar-refractivity contribution in [2.75, 3.05) is 6.54 Å². The molecule has 0 aliphatic rings. The Morgan fingerprint density at radius 1 is 1.25 bits per heavy atom. The van der Waals surface area contributed by atoms with Crippen molar-refractivity contribution in [1.82, 2.24) is 5.32 Å². The maximum absolute atomic E-state index is 12.0. The fourth-order valence-corrected chi connectivity index (χ4v) is 1.83. The first-order valence-corrected chi connectivity index (χ1v) is 6.78. The first-order valence-electron chi connectivity index (χ1n) is 6.78. The van der Waals surface area contributed by atoms with Gasteiger partial charge in [0.15, 0.2) is 0 Å². The van der Waals surface area contributed by atoms with E-state index in [0.717, 1.165) is 31.4 Å². The van der Waals surface area contributed by atoms with Crippen LogP contribution in [-0.2, 0) is 6.42 Å². The summed E-state index contributed by atoms with van der Waals surface area (Å²) >= 11 is 0. The third-order valence-electron chi connectivity index (χ3n) is 2.93. The van der Waals surface area contributed by atoms with Gasteiger partial charge in [0, 0.05) is 19.0 Å². The molecule has 0 aromatic heterocycles. The molecule has 0 amide bonds. The third-order valence-corrected chi connectivity index (χ3v) is 2.93. The van der Waals surface area contributed by atoms with Crippen LogP contribution in [0.3, 0.4) is 0 Å². The Morgan fingerprint density at radius 2 is 1.95 bits per heavy atom. The second-order valence-electron chi connectivity index (χ2n) is 4.59. The summed E-state index contributed by atoms with van der Waals surface area (Å²) in [6.07, 6.45) is 2.76. The number of halogens is 2. The number of hydrogen-bond acceptors (Lipinski definition) is 2. The van der Waals surface area contributed by atoms with Gasteiger partial charge in [-0.05, 0) is 44.4 Å². The largest absolute Gasteiger partial charge is 0.435 e. The highest BCUT2D eigenvalue weighted by molar-refractivity contribution is 5.27. The number of nitrogens with one attached hydrogen (secondary N) is 1. The molecule has 1 unspecified atom stereocenters. The molecule has 2 nitrogen and oxygen atoms in total. The van der Waals surface area contributed by atoms with E-state index in [2.05, 4.69) is 28.8 Å². The highest BCUT2D eigenvalue weighted by Crippen LogP contribution is 2.16. The van der Waals surface area contributed by atoms with Crippen LogP contribution in [0.25, 0.3) is 0 Å². The summed E-state index contributed by atoms with van der Waals surface area (Å²) in [5, 5.41) is 3.40. The van der Waals surface area contributed by atoms with E-state index in [1.54, 1.807) is 12.1 Å². The molecular weight excluding hydrogens is 260 g/mol. The molecule has 0 saturated heterocycles. The second-order valence-corrected chi connectivity index (χ2v) is 4.59. The van der Waals surface area contributed by atoms with Gasteiger partial charge in [-0.25, -0.2) is 0 Å². The van der Waals surface area contributed by atoms with Crippen molar-refractivity contribution < 1.29 is 13.5 Å². The maximum atomic E-state index is 12.0. The topological polar surface area (TPSA) is 21.3 Å². The van der Waals surface area contributed by atoms with E-state index in [-0.39, 0.29) is 5.75 Å². The number of ether oxygens (including phenoxy) is 1. The lowest BCUT2D eigenvalue weighted by molar-refractivity contribution is -0.0498. The van der Waals surface area contributed by atoms with Crippen molar-refractivity contribution in [1.29, 1.82) is 0 Å². The monoisotopic (exact) mass is 281 g/mol. The summed E-state index contributed by atoms with van der Waals surface area (Å²) in [7, 11) is 0. The predicted octanol–water partition coefficient (Wildman–Crippen LogP) is 3.61. The summed E-state index contributed by atoms with van der Waals surface area (Å²) in [4.78, 5) is 0. The van der Waals surface area contributed by atoms with Crippen LogP contribution in [0.2, 0.25) is 0 Å². The lowest BCUT2D eigenvalue weighted by Gasteiger charge is -2.13. The standard InChI is InChI=1S/C16H21F2NO/c1-3-4-5-12-19-13(2)6-7-14-8-10-15(11-9-14)20-16(17)18/h8-11,13,16,19H,5-7,12H2,1-2H3. The molecule has 0 spiro atoms. The van der Waals surface area contributed by atoms with Gasteiger partial charge in [-0.2, -0.15) is 8.78 Å². The van der Waals surface area contributed by atoms with Crippen LogP contribution in [0, 0.1) is 11.8 Å². The molecule has 1 rings (SSSR count). The smallest absolute Gasteiger partial charge is 0.387 e. The molecule has 4 heteroatoms. The van der Waals surface area contributed by atoms with Gasteiger partial charge in [-0.3, -0.25) is 0 Å². The zero-order chi connectivity index (χ0) is 14.8. The molecule has 0 saturated carbocycles. The Balaban J connectivity index is 2.28. The SMILES string of the molecule is CC#CCCNC(C)CCc1ccc(OC(F)F)cc1. The number of hydrogen-bond donors (Lipinski definition) is 1. The molecule has 1 atom stereocenters. The van der Waals surface area contributed by atoms with Gasteiger partial charge < -0.3 is 10.1 Å².